The molecule has 0 aliphatic carbocycles. The number of fused-ring (bicyclic) bond motifs is 1. The summed E-state index contributed by atoms with van der Waals surface area (Å²) in [6.45, 7) is 1.76. The Bertz CT molecular complexity index is 852. The average molecular weight is 360 g/mol. The number of carboxylic acid groups (broad SMARTS) is 1. The van der Waals surface area contributed by atoms with Crippen molar-refractivity contribution < 1.29 is 15.0 Å². The highest BCUT2D eigenvalue weighted by molar-refractivity contribution is 9.10. The average Bonchev–Trinajstić information content (AvgIpc) is 2.88. The quantitative estimate of drug-likeness (QED) is 0.747. The molecular weight excluding hydrogens is 346 g/mol. The van der Waals surface area contributed by atoms with E-state index in [1.807, 2.05) is 40.9 Å². The molecule has 0 aliphatic heterocycles. The first-order valence-corrected chi connectivity index (χ1v) is 7.54. The smallest absolute Gasteiger partial charge is 0.336 e. The number of aliphatic hydroxyl groups is 1. The molecule has 2 aromatic heterocycles. The Labute approximate surface area is 135 Å². The summed E-state index contributed by atoms with van der Waals surface area (Å²) in [5, 5.41) is 19.9. The van der Waals surface area contributed by atoms with Crippen molar-refractivity contribution in [2.45, 2.75) is 13.0 Å². The number of carbonyl (C=O) groups is 1. The number of nitrogens with zero attached hydrogens (tertiary/aromatic N) is 1. The summed E-state index contributed by atoms with van der Waals surface area (Å²) in [4.78, 5) is 11.3. The fourth-order valence-electron chi connectivity index (χ4n) is 2.56. The molecular formula is C17H14BrNO3. The molecule has 1 aromatic carbocycles. The summed E-state index contributed by atoms with van der Waals surface area (Å²) < 4.78 is 2.77. The molecule has 3 rings (SSSR count). The van der Waals surface area contributed by atoms with E-state index in [4.69, 9.17) is 0 Å². The van der Waals surface area contributed by atoms with Gasteiger partial charge in [-0.3, -0.25) is 0 Å². The van der Waals surface area contributed by atoms with Gasteiger partial charge in [-0.2, -0.15) is 0 Å². The topological polar surface area (TPSA) is 61.9 Å². The van der Waals surface area contributed by atoms with Gasteiger partial charge in [0.25, 0.3) is 0 Å². The third kappa shape index (κ3) is 2.53. The molecule has 0 radical (unpaired) electrons. The van der Waals surface area contributed by atoms with Crippen LogP contribution in [0.2, 0.25) is 0 Å². The molecule has 1 atom stereocenters. The van der Waals surface area contributed by atoms with Crippen LogP contribution in [0.25, 0.3) is 5.52 Å². The van der Waals surface area contributed by atoms with Crippen molar-refractivity contribution in [2.75, 3.05) is 0 Å². The van der Waals surface area contributed by atoms with Crippen LogP contribution in [-0.2, 0) is 0 Å². The van der Waals surface area contributed by atoms with Gasteiger partial charge in [0.2, 0.25) is 0 Å². The van der Waals surface area contributed by atoms with Gasteiger partial charge >= 0.3 is 5.97 Å². The van der Waals surface area contributed by atoms with E-state index in [0.29, 0.717) is 16.6 Å². The van der Waals surface area contributed by atoms with Gasteiger partial charge in [-0.15, -0.1) is 0 Å². The zero-order valence-electron chi connectivity index (χ0n) is 11.8. The van der Waals surface area contributed by atoms with E-state index in [1.165, 1.54) is 0 Å². The fourth-order valence-corrected chi connectivity index (χ4v) is 2.83. The second kappa shape index (κ2) is 5.59. The lowest BCUT2D eigenvalue weighted by Crippen LogP contribution is -2.03. The Balaban J connectivity index is 2.12. The summed E-state index contributed by atoms with van der Waals surface area (Å²) in [5.74, 6) is -0.967. The highest BCUT2D eigenvalue weighted by Crippen LogP contribution is 2.28. The van der Waals surface area contributed by atoms with Crippen molar-refractivity contribution in [1.82, 2.24) is 4.40 Å². The van der Waals surface area contributed by atoms with Gasteiger partial charge in [-0.05, 0) is 42.3 Å². The molecule has 0 spiro atoms. The van der Waals surface area contributed by atoms with Crippen LogP contribution >= 0.6 is 15.9 Å². The van der Waals surface area contributed by atoms with Crippen molar-refractivity contribution in [2.24, 2.45) is 0 Å². The molecule has 5 heteroatoms. The minimum Gasteiger partial charge on any atom is -0.478 e. The molecule has 0 bridgehead atoms. The minimum atomic E-state index is -0.967. The lowest BCUT2D eigenvalue weighted by molar-refractivity contribution is 0.0696. The van der Waals surface area contributed by atoms with E-state index in [2.05, 4.69) is 15.9 Å². The lowest BCUT2D eigenvalue weighted by atomic mass is 10.0. The van der Waals surface area contributed by atoms with Gasteiger partial charge in [0.05, 0.1) is 11.1 Å². The minimum absolute atomic E-state index is 0.246. The molecule has 0 fully saturated rings. The molecule has 22 heavy (non-hydrogen) atoms. The maximum Gasteiger partial charge on any atom is 0.336 e. The number of hydrogen-bond acceptors (Lipinski definition) is 2. The maximum atomic E-state index is 11.3. The summed E-state index contributed by atoms with van der Waals surface area (Å²) >= 11 is 3.37. The predicted molar refractivity (Wildman–Crippen MR) is 87.3 cm³/mol. The molecule has 4 nitrogen and oxygen atoms in total. The van der Waals surface area contributed by atoms with Crippen molar-refractivity contribution in [3.05, 3.63) is 75.5 Å². The summed E-state index contributed by atoms with van der Waals surface area (Å²) in [7, 11) is 0. The number of aryl methyl sites for hydroxylation is 1. The Morgan fingerprint density at radius 3 is 2.55 bits per heavy atom. The van der Waals surface area contributed by atoms with Crippen LogP contribution in [0.3, 0.4) is 0 Å². The Morgan fingerprint density at radius 2 is 1.91 bits per heavy atom. The van der Waals surface area contributed by atoms with Crippen molar-refractivity contribution in [3.63, 3.8) is 0 Å². The fraction of sp³-hybridized carbons (Fsp3) is 0.118. The number of aliphatic hydroxyl groups excluding tert-OH is 1. The SMILES string of the molecule is Cc1cn2ccc(C(O)c3ccc(Br)cc3)c2cc1C(=O)O. The Kier molecular flexibility index (Phi) is 3.76. The molecule has 1 unspecified atom stereocenters. The van der Waals surface area contributed by atoms with Crippen molar-refractivity contribution in [1.29, 1.82) is 0 Å². The molecule has 0 saturated heterocycles. The standard InChI is InChI=1S/C17H14BrNO3/c1-10-9-19-7-6-13(15(19)8-14(10)17(21)22)16(20)11-2-4-12(18)5-3-11/h2-9,16,20H,1H3,(H,21,22). The number of pyridine rings is 1. The highest BCUT2D eigenvalue weighted by Gasteiger charge is 2.17. The van der Waals surface area contributed by atoms with Crippen molar-refractivity contribution >= 4 is 27.4 Å². The second-order valence-corrected chi connectivity index (χ2v) is 6.11. The first kappa shape index (κ1) is 14.8. The van der Waals surface area contributed by atoms with Crippen LogP contribution in [-0.4, -0.2) is 20.6 Å². The normalized spacial score (nSPS) is 12.5. The number of rotatable bonds is 3. The van der Waals surface area contributed by atoms with E-state index in [9.17, 15) is 15.0 Å². The molecule has 0 aliphatic rings. The highest BCUT2D eigenvalue weighted by atomic mass is 79.9. The van der Waals surface area contributed by atoms with E-state index >= 15 is 0 Å². The van der Waals surface area contributed by atoms with Crippen LogP contribution in [0.4, 0.5) is 0 Å². The zero-order chi connectivity index (χ0) is 15.9. The molecule has 3 aromatic rings. The van der Waals surface area contributed by atoms with E-state index in [1.54, 1.807) is 19.2 Å². The van der Waals surface area contributed by atoms with E-state index in [0.717, 1.165) is 10.0 Å². The number of aromatic carboxylic acids is 1. The van der Waals surface area contributed by atoms with Crippen LogP contribution < -0.4 is 0 Å². The van der Waals surface area contributed by atoms with E-state index < -0.39 is 12.1 Å². The molecule has 2 N–H and O–H groups in total. The number of halogens is 1. The van der Waals surface area contributed by atoms with Gasteiger partial charge in [0.1, 0.15) is 6.10 Å². The molecule has 0 saturated carbocycles. The first-order valence-electron chi connectivity index (χ1n) is 6.75. The molecule has 112 valence electrons. The predicted octanol–water partition coefficient (Wildman–Crippen LogP) is 3.79. The summed E-state index contributed by atoms with van der Waals surface area (Å²) in [6, 6.07) is 10.8. The summed E-state index contributed by atoms with van der Waals surface area (Å²) in [6.07, 6.45) is 2.78. The van der Waals surface area contributed by atoms with Crippen molar-refractivity contribution in [3.8, 4) is 0 Å². The third-order valence-corrected chi connectivity index (χ3v) is 4.27. The van der Waals surface area contributed by atoms with Crippen LogP contribution in [0.5, 0.6) is 0 Å². The Hall–Kier alpha value is -2.11. The number of hydrogen-bond donors (Lipinski definition) is 2. The number of benzene rings is 1. The number of carboxylic acids is 1. The van der Waals surface area contributed by atoms with Crippen LogP contribution in [0.1, 0.15) is 33.2 Å². The number of aromatic nitrogens is 1. The molecule has 0 amide bonds. The first-order chi connectivity index (χ1) is 10.5. The lowest BCUT2D eigenvalue weighted by Gasteiger charge is -2.12. The van der Waals surface area contributed by atoms with Gasteiger partial charge in [0.15, 0.2) is 0 Å². The van der Waals surface area contributed by atoms with Gasteiger partial charge in [-0.1, -0.05) is 28.1 Å². The maximum absolute atomic E-state index is 11.3. The van der Waals surface area contributed by atoms with Crippen LogP contribution in [0.15, 0.2) is 53.3 Å². The van der Waals surface area contributed by atoms with Gasteiger partial charge in [0, 0.05) is 22.4 Å². The van der Waals surface area contributed by atoms with Gasteiger partial charge < -0.3 is 14.6 Å². The monoisotopic (exact) mass is 359 g/mol. The largest absolute Gasteiger partial charge is 0.478 e. The third-order valence-electron chi connectivity index (χ3n) is 3.74. The summed E-state index contributed by atoms with van der Waals surface area (Å²) in [5.41, 5.74) is 3.06. The van der Waals surface area contributed by atoms with Gasteiger partial charge in [-0.25, -0.2) is 4.79 Å². The van der Waals surface area contributed by atoms with E-state index in [-0.39, 0.29) is 5.56 Å². The Morgan fingerprint density at radius 1 is 1.23 bits per heavy atom. The zero-order valence-corrected chi connectivity index (χ0v) is 13.4. The van der Waals surface area contributed by atoms with Crippen LogP contribution in [0, 0.1) is 6.92 Å². The molecule has 2 heterocycles. The second-order valence-electron chi connectivity index (χ2n) is 5.19.